The van der Waals surface area contributed by atoms with Crippen molar-refractivity contribution in [1.82, 2.24) is 15.0 Å². The number of halogens is 1. The summed E-state index contributed by atoms with van der Waals surface area (Å²) in [4.78, 5) is 0. The molecule has 1 heterocycles. The van der Waals surface area contributed by atoms with Crippen LogP contribution in [-0.4, -0.2) is 15.0 Å². The molecule has 0 aliphatic heterocycles. The molecule has 0 fully saturated rings. The van der Waals surface area contributed by atoms with Crippen molar-refractivity contribution in [2.24, 2.45) is 12.8 Å². The van der Waals surface area contributed by atoms with Gasteiger partial charge in [0.1, 0.15) is 0 Å². The van der Waals surface area contributed by atoms with Crippen LogP contribution in [0.4, 0.5) is 0 Å². The normalized spacial score (nSPS) is 14.6. The van der Waals surface area contributed by atoms with Crippen LogP contribution < -0.4 is 5.73 Å². The van der Waals surface area contributed by atoms with Gasteiger partial charge >= 0.3 is 0 Å². The van der Waals surface area contributed by atoms with Crippen LogP contribution in [0.3, 0.4) is 0 Å². The zero-order chi connectivity index (χ0) is 12.5. The minimum absolute atomic E-state index is 0.462. The Balaban J connectivity index is 2.27. The van der Waals surface area contributed by atoms with Crippen molar-refractivity contribution >= 4 is 15.9 Å². The molecule has 1 aromatic heterocycles. The zero-order valence-electron chi connectivity index (χ0n) is 9.89. The van der Waals surface area contributed by atoms with Crippen molar-refractivity contribution in [3.63, 3.8) is 0 Å². The molecule has 0 spiro atoms. The first-order valence-corrected chi connectivity index (χ1v) is 6.17. The fourth-order valence-corrected chi connectivity index (χ4v) is 2.61. The van der Waals surface area contributed by atoms with Crippen molar-refractivity contribution in [2.45, 2.75) is 18.9 Å². The van der Waals surface area contributed by atoms with Gasteiger partial charge in [-0.05, 0) is 18.6 Å². The number of aromatic nitrogens is 3. The Bertz CT molecular complexity index is 519. The molecule has 1 unspecified atom stereocenters. The average Bonchev–Trinajstić information content (AvgIpc) is 2.63. The Hall–Kier alpha value is -1.20. The number of benzene rings is 1. The maximum absolute atomic E-state index is 6.37. The van der Waals surface area contributed by atoms with E-state index in [9.17, 15) is 0 Å². The van der Waals surface area contributed by atoms with E-state index in [0.29, 0.717) is 6.42 Å². The lowest BCUT2D eigenvalue weighted by atomic mass is 9.89. The molecule has 0 radical (unpaired) electrons. The quantitative estimate of drug-likeness (QED) is 0.942. The van der Waals surface area contributed by atoms with Crippen LogP contribution in [-0.2, 0) is 19.0 Å². The first kappa shape index (κ1) is 12.3. The summed E-state index contributed by atoms with van der Waals surface area (Å²) in [5.41, 5.74) is 7.88. The number of nitrogens with zero attached hydrogens (tertiary/aromatic N) is 3. The van der Waals surface area contributed by atoms with Gasteiger partial charge in [0, 0.05) is 29.7 Å². The van der Waals surface area contributed by atoms with Crippen LogP contribution in [0, 0.1) is 0 Å². The van der Waals surface area contributed by atoms with Gasteiger partial charge in [-0.1, -0.05) is 39.3 Å². The van der Waals surface area contributed by atoms with E-state index in [0.717, 1.165) is 15.7 Å². The standard InChI is InChI=1S/C12H15BrN4/c1-12(14,7-9-8-17(2)16-15-9)10-5-3-4-6-11(10)13/h3-6,8H,7,14H2,1-2H3. The monoisotopic (exact) mass is 294 g/mol. The van der Waals surface area contributed by atoms with Gasteiger partial charge in [0.05, 0.1) is 5.69 Å². The largest absolute Gasteiger partial charge is 0.321 e. The smallest absolute Gasteiger partial charge is 0.0848 e. The molecule has 0 amide bonds. The molecule has 5 heteroatoms. The van der Waals surface area contributed by atoms with E-state index >= 15 is 0 Å². The molecule has 0 aliphatic rings. The van der Waals surface area contributed by atoms with Crippen LogP contribution in [0.15, 0.2) is 34.9 Å². The molecule has 90 valence electrons. The van der Waals surface area contributed by atoms with E-state index in [2.05, 4.69) is 26.2 Å². The van der Waals surface area contributed by atoms with Crippen LogP contribution >= 0.6 is 15.9 Å². The molecule has 2 rings (SSSR count). The van der Waals surface area contributed by atoms with E-state index in [1.165, 1.54) is 0 Å². The first-order chi connectivity index (χ1) is 7.99. The molecule has 17 heavy (non-hydrogen) atoms. The first-order valence-electron chi connectivity index (χ1n) is 5.38. The Morgan fingerprint density at radius 1 is 1.41 bits per heavy atom. The second-order valence-corrected chi connectivity index (χ2v) is 5.31. The predicted molar refractivity (Wildman–Crippen MR) is 70.4 cm³/mol. The van der Waals surface area contributed by atoms with E-state index in [1.54, 1.807) is 4.68 Å². The zero-order valence-corrected chi connectivity index (χ0v) is 11.5. The lowest BCUT2D eigenvalue weighted by Crippen LogP contribution is -2.36. The van der Waals surface area contributed by atoms with E-state index < -0.39 is 5.54 Å². The highest BCUT2D eigenvalue weighted by Gasteiger charge is 2.25. The fourth-order valence-electron chi connectivity index (χ4n) is 1.87. The van der Waals surface area contributed by atoms with Crippen molar-refractivity contribution in [1.29, 1.82) is 0 Å². The van der Waals surface area contributed by atoms with Crippen LogP contribution in [0.25, 0.3) is 0 Å². The van der Waals surface area contributed by atoms with Gasteiger partial charge < -0.3 is 5.73 Å². The third-order valence-electron chi connectivity index (χ3n) is 2.69. The molecule has 4 nitrogen and oxygen atoms in total. The minimum Gasteiger partial charge on any atom is -0.321 e. The van der Waals surface area contributed by atoms with E-state index in [-0.39, 0.29) is 0 Å². The summed E-state index contributed by atoms with van der Waals surface area (Å²) in [5, 5.41) is 7.99. The summed E-state index contributed by atoms with van der Waals surface area (Å²) >= 11 is 3.53. The highest BCUT2D eigenvalue weighted by molar-refractivity contribution is 9.10. The Morgan fingerprint density at radius 3 is 2.71 bits per heavy atom. The summed E-state index contributed by atoms with van der Waals surface area (Å²) in [7, 11) is 1.85. The SMILES string of the molecule is Cn1cc(CC(C)(N)c2ccccc2Br)nn1. The number of hydrogen-bond acceptors (Lipinski definition) is 3. The van der Waals surface area contributed by atoms with Gasteiger partial charge in [-0.3, -0.25) is 4.68 Å². The third-order valence-corrected chi connectivity index (χ3v) is 3.38. The Kier molecular flexibility index (Phi) is 3.31. The molecule has 0 saturated carbocycles. The summed E-state index contributed by atoms with van der Waals surface area (Å²) < 4.78 is 2.71. The predicted octanol–water partition coefficient (Wildman–Crippen LogP) is 1.99. The highest BCUT2D eigenvalue weighted by atomic mass is 79.9. The Morgan fingerprint density at radius 2 is 2.12 bits per heavy atom. The molecule has 1 atom stereocenters. The van der Waals surface area contributed by atoms with Crippen molar-refractivity contribution in [3.8, 4) is 0 Å². The van der Waals surface area contributed by atoms with Gasteiger partial charge in [0.2, 0.25) is 0 Å². The highest BCUT2D eigenvalue weighted by Crippen LogP contribution is 2.28. The third kappa shape index (κ3) is 2.73. The van der Waals surface area contributed by atoms with Crippen LogP contribution in [0.2, 0.25) is 0 Å². The molecule has 0 saturated heterocycles. The molecule has 2 N–H and O–H groups in total. The summed E-state index contributed by atoms with van der Waals surface area (Å²) in [6.07, 6.45) is 2.55. The second kappa shape index (κ2) is 4.58. The maximum Gasteiger partial charge on any atom is 0.0848 e. The number of hydrogen-bond donors (Lipinski definition) is 1. The molecular weight excluding hydrogens is 280 g/mol. The number of nitrogens with two attached hydrogens (primary N) is 1. The molecule has 0 aliphatic carbocycles. The summed E-state index contributed by atoms with van der Waals surface area (Å²) in [6.45, 7) is 2.00. The second-order valence-electron chi connectivity index (χ2n) is 4.46. The van der Waals surface area contributed by atoms with Gasteiger partial charge in [-0.25, -0.2) is 0 Å². The van der Waals surface area contributed by atoms with Crippen LogP contribution in [0.5, 0.6) is 0 Å². The van der Waals surface area contributed by atoms with Gasteiger partial charge in [-0.15, -0.1) is 5.10 Å². The molecule has 1 aromatic carbocycles. The minimum atomic E-state index is -0.462. The maximum atomic E-state index is 6.37. The summed E-state index contributed by atoms with van der Waals surface area (Å²) in [6, 6.07) is 7.99. The molecule has 0 bridgehead atoms. The summed E-state index contributed by atoms with van der Waals surface area (Å²) in [5.74, 6) is 0. The van der Waals surface area contributed by atoms with Crippen molar-refractivity contribution in [3.05, 3.63) is 46.2 Å². The van der Waals surface area contributed by atoms with Gasteiger partial charge in [0.15, 0.2) is 0 Å². The average molecular weight is 295 g/mol. The van der Waals surface area contributed by atoms with E-state index in [4.69, 9.17) is 5.73 Å². The van der Waals surface area contributed by atoms with Crippen molar-refractivity contribution in [2.75, 3.05) is 0 Å². The molecular formula is C12H15BrN4. The van der Waals surface area contributed by atoms with Crippen LogP contribution in [0.1, 0.15) is 18.2 Å². The lowest BCUT2D eigenvalue weighted by Gasteiger charge is -2.25. The fraction of sp³-hybridized carbons (Fsp3) is 0.333. The lowest BCUT2D eigenvalue weighted by molar-refractivity contribution is 0.482. The molecule has 2 aromatic rings. The number of rotatable bonds is 3. The Labute approximate surface area is 109 Å². The van der Waals surface area contributed by atoms with Gasteiger partial charge in [-0.2, -0.15) is 0 Å². The topological polar surface area (TPSA) is 56.7 Å². The van der Waals surface area contributed by atoms with Gasteiger partial charge in [0.25, 0.3) is 0 Å². The van der Waals surface area contributed by atoms with Crippen molar-refractivity contribution < 1.29 is 0 Å². The van der Waals surface area contributed by atoms with E-state index in [1.807, 2.05) is 44.4 Å². The number of aryl methyl sites for hydroxylation is 1.